The molecule has 184 valence electrons. The van der Waals surface area contributed by atoms with Crippen molar-refractivity contribution < 1.29 is 14.3 Å². The number of aryl methyl sites for hydroxylation is 1. The summed E-state index contributed by atoms with van der Waals surface area (Å²) in [6, 6.07) is 24.7. The number of carbonyl (C=O) groups is 2. The number of ether oxygens (including phenoxy) is 1. The highest BCUT2D eigenvalue weighted by Crippen LogP contribution is 2.35. The van der Waals surface area contributed by atoms with Gasteiger partial charge in [0.15, 0.2) is 0 Å². The third kappa shape index (κ3) is 4.90. The Morgan fingerprint density at radius 1 is 1.00 bits per heavy atom. The van der Waals surface area contributed by atoms with Crippen LogP contribution in [0.4, 0.5) is 0 Å². The zero-order chi connectivity index (χ0) is 25.1. The van der Waals surface area contributed by atoms with Crippen LogP contribution in [0.1, 0.15) is 33.5 Å². The molecule has 4 atom stereocenters. The molecule has 6 nitrogen and oxygen atoms in total. The summed E-state index contributed by atoms with van der Waals surface area (Å²) in [4.78, 5) is 29.9. The lowest BCUT2D eigenvalue weighted by Gasteiger charge is -2.28. The van der Waals surface area contributed by atoms with Crippen LogP contribution in [0, 0.1) is 6.92 Å². The molecule has 2 heterocycles. The van der Waals surface area contributed by atoms with Gasteiger partial charge in [-0.3, -0.25) is 10.1 Å². The fraction of sp³-hybridized carbons (Fsp3) is 0.241. The first kappa shape index (κ1) is 24.2. The van der Waals surface area contributed by atoms with E-state index in [4.69, 9.17) is 4.74 Å². The number of rotatable bonds is 7. The van der Waals surface area contributed by atoms with Gasteiger partial charge in [-0.2, -0.15) is 0 Å². The fourth-order valence-corrected chi connectivity index (χ4v) is 6.02. The van der Waals surface area contributed by atoms with Crippen LogP contribution in [0.5, 0.6) is 0 Å². The first-order chi connectivity index (χ1) is 17.5. The van der Waals surface area contributed by atoms with E-state index >= 15 is 0 Å². The number of hydrogen-bond acceptors (Lipinski definition) is 5. The smallest absolute Gasteiger partial charge is 0.329 e. The van der Waals surface area contributed by atoms with Crippen molar-refractivity contribution in [2.75, 3.05) is 12.9 Å². The molecule has 7 heteroatoms. The van der Waals surface area contributed by atoms with Gasteiger partial charge in [0, 0.05) is 28.8 Å². The maximum atomic E-state index is 13.5. The number of H-pyrrole nitrogens is 1. The number of methoxy groups -OCH3 is 1. The Hall–Kier alpha value is -3.55. The number of aromatic amines is 1. The van der Waals surface area contributed by atoms with Crippen LogP contribution in [-0.2, 0) is 14.3 Å². The normalized spacial score (nSPS) is 19.1. The number of nitrogens with one attached hydrogen (secondary N) is 3. The summed E-state index contributed by atoms with van der Waals surface area (Å²) in [6.07, 6.45) is 1.92. The quantitative estimate of drug-likeness (QED) is 0.322. The largest absolute Gasteiger partial charge is 0.467 e. The van der Waals surface area contributed by atoms with Gasteiger partial charge in [-0.25, -0.2) is 4.79 Å². The van der Waals surface area contributed by atoms with Crippen LogP contribution in [0.2, 0.25) is 0 Å². The highest BCUT2D eigenvalue weighted by Gasteiger charge is 2.38. The molecule has 1 aliphatic rings. The molecule has 4 aromatic rings. The van der Waals surface area contributed by atoms with Crippen LogP contribution < -0.4 is 10.6 Å². The van der Waals surface area contributed by atoms with Gasteiger partial charge < -0.3 is 15.0 Å². The van der Waals surface area contributed by atoms with E-state index in [1.807, 2.05) is 60.8 Å². The number of benzene rings is 3. The molecule has 0 spiro atoms. The van der Waals surface area contributed by atoms with E-state index in [1.54, 1.807) is 11.8 Å². The van der Waals surface area contributed by atoms with Crippen molar-refractivity contribution in [3.05, 3.63) is 107 Å². The second-order valence-electron chi connectivity index (χ2n) is 9.03. The Morgan fingerprint density at radius 3 is 2.47 bits per heavy atom. The van der Waals surface area contributed by atoms with Crippen LogP contribution in [0.3, 0.4) is 0 Å². The standard InChI is InChI=1S/C29H29N3O3S/c1-18-12-14-20(15-13-18)28-31-24(17-36-28)27(33)32-26(29(34)35-2)25(19-8-4-3-5-9-19)22-16-30-23-11-7-6-10-21(22)23/h3-16,24-26,28,30-31H,17H2,1-2H3,(H,32,33)/t24-,25?,26?,28?/m0/s1. The number of amides is 1. The van der Waals surface area contributed by atoms with Gasteiger partial charge in [-0.1, -0.05) is 78.4 Å². The highest BCUT2D eigenvalue weighted by atomic mass is 32.2. The van der Waals surface area contributed by atoms with Gasteiger partial charge in [-0.15, -0.1) is 11.8 Å². The average Bonchev–Trinajstić information content (AvgIpc) is 3.57. The monoisotopic (exact) mass is 499 g/mol. The minimum absolute atomic E-state index is 0.0245. The Kier molecular flexibility index (Phi) is 7.11. The van der Waals surface area contributed by atoms with E-state index < -0.39 is 24.0 Å². The van der Waals surface area contributed by atoms with Gasteiger partial charge >= 0.3 is 5.97 Å². The second kappa shape index (κ2) is 10.6. The van der Waals surface area contributed by atoms with Crippen LogP contribution in [-0.4, -0.2) is 41.8 Å². The van der Waals surface area contributed by atoms with Crippen molar-refractivity contribution >= 4 is 34.5 Å². The number of para-hydroxylation sites is 1. The summed E-state index contributed by atoms with van der Waals surface area (Å²) in [5.74, 6) is -0.515. The zero-order valence-electron chi connectivity index (χ0n) is 20.2. The molecule has 0 radical (unpaired) electrons. The van der Waals surface area contributed by atoms with Crippen molar-refractivity contribution in [2.45, 2.75) is 30.3 Å². The molecule has 5 rings (SSSR count). The van der Waals surface area contributed by atoms with Crippen LogP contribution in [0.15, 0.2) is 85.1 Å². The van der Waals surface area contributed by atoms with Crippen LogP contribution >= 0.6 is 11.8 Å². The number of hydrogen-bond donors (Lipinski definition) is 3. The summed E-state index contributed by atoms with van der Waals surface area (Å²) in [5.41, 5.74) is 5.15. The maximum absolute atomic E-state index is 13.5. The molecule has 1 aliphatic heterocycles. The van der Waals surface area contributed by atoms with Gasteiger partial charge in [0.1, 0.15) is 6.04 Å². The first-order valence-corrected chi connectivity index (χ1v) is 13.0. The van der Waals surface area contributed by atoms with E-state index in [0.717, 1.165) is 27.6 Å². The van der Waals surface area contributed by atoms with Crippen molar-refractivity contribution in [3.8, 4) is 0 Å². The minimum atomic E-state index is -0.894. The van der Waals surface area contributed by atoms with Gasteiger partial charge in [0.05, 0.1) is 18.5 Å². The van der Waals surface area contributed by atoms with Gasteiger partial charge in [-0.05, 0) is 29.7 Å². The summed E-state index contributed by atoms with van der Waals surface area (Å²) >= 11 is 1.69. The Labute approximate surface area is 214 Å². The molecular weight excluding hydrogens is 470 g/mol. The predicted octanol–water partition coefficient (Wildman–Crippen LogP) is 4.67. The number of aromatic nitrogens is 1. The third-order valence-corrected chi connectivity index (χ3v) is 7.95. The van der Waals surface area contributed by atoms with E-state index in [0.29, 0.717) is 5.75 Å². The van der Waals surface area contributed by atoms with E-state index in [2.05, 4.69) is 46.8 Å². The van der Waals surface area contributed by atoms with Crippen molar-refractivity contribution in [2.24, 2.45) is 0 Å². The van der Waals surface area contributed by atoms with Crippen LogP contribution in [0.25, 0.3) is 10.9 Å². The summed E-state index contributed by atoms with van der Waals surface area (Å²) in [7, 11) is 1.36. The summed E-state index contributed by atoms with van der Waals surface area (Å²) in [5, 5.41) is 7.49. The third-order valence-electron chi connectivity index (χ3n) is 6.68. The van der Waals surface area contributed by atoms with Gasteiger partial charge in [0.25, 0.3) is 0 Å². The van der Waals surface area contributed by atoms with Gasteiger partial charge in [0.2, 0.25) is 5.91 Å². The van der Waals surface area contributed by atoms with E-state index in [-0.39, 0.29) is 11.3 Å². The SMILES string of the molecule is COC(=O)C(NC(=O)[C@@H]1CSC(c2ccc(C)cc2)N1)C(c1ccccc1)c1c[nH]c2ccccc12. The molecule has 3 N–H and O–H groups in total. The Bertz CT molecular complexity index is 1350. The lowest BCUT2D eigenvalue weighted by Crippen LogP contribution is -2.52. The molecule has 0 saturated carbocycles. The Morgan fingerprint density at radius 2 is 1.72 bits per heavy atom. The number of fused-ring (bicyclic) bond motifs is 1. The van der Waals surface area contributed by atoms with E-state index in [9.17, 15) is 9.59 Å². The lowest BCUT2D eigenvalue weighted by atomic mass is 9.84. The molecule has 1 fully saturated rings. The number of thioether (sulfide) groups is 1. The molecule has 1 amide bonds. The Balaban J connectivity index is 1.44. The number of carbonyl (C=O) groups excluding carboxylic acids is 2. The minimum Gasteiger partial charge on any atom is -0.467 e. The molecule has 3 aromatic carbocycles. The molecular formula is C29H29N3O3S. The summed E-state index contributed by atoms with van der Waals surface area (Å²) in [6.45, 7) is 2.05. The molecule has 3 unspecified atom stereocenters. The fourth-order valence-electron chi connectivity index (χ4n) is 4.78. The van der Waals surface area contributed by atoms with E-state index in [1.165, 1.54) is 12.7 Å². The average molecular weight is 500 g/mol. The van der Waals surface area contributed by atoms with Crippen molar-refractivity contribution in [1.29, 1.82) is 0 Å². The maximum Gasteiger partial charge on any atom is 0.329 e. The topological polar surface area (TPSA) is 83.2 Å². The predicted molar refractivity (Wildman–Crippen MR) is 144 cm³/mol. The zero-order valence-corrected chi connectivity index (χ0v) is 21.0. The summed E-state index contributed by atoms with van der Waals surface area (Å²) < 4.78 is 5.20. The number of esters is 1. The molecule has 1 aromatic heterocycles. The highest BCUT2D eigenvalue weighted by molar-refractivity contribution is 7.99. The lowest BCUT2D eigenvalue weighted by molar-refractivity contribution is -0.145. The molecule has 1 saturated heterocycles. The van der Waals surface area contributed by atoms with Crippen molar-refractivity contribution in [3.63, 3.8) is 0 Å². The van der Waals surface area contributed by atoms with Crippen molar-refractivity contribution in [1.82, 2.24) is 15.6 Å². The molecule has 0 aliphatic carbocycles. The molecule has 0 bridgehead atoms. The second-order valence-corrected chi connectivity index (χ2v) is 10.2. The first-order valence-electron chi connectivity index (χ1n) is 12.0. The molecule has 36 heavy (non-hydrogen) atoms.